The van der Waals surface area contributed by atoms with E-state index in [4.69, 9.17) is 16.7 Å². The third kappa shape index (κ3) is 2.06. The zero-order chi connectivity index (χ0) is 9.14. The second-order valence-electron chi connectivity index (χ2n) is 2.11. The highest BCUT2D eigenvalue weighted by Gasteiger charge is 2.12. The molecule has 3 nitrogen and oxygen atoms in total. The number of halogens is 1. The van der Waals surface area contributed by atoms with Crippen molar-refractivity contribution in [3.05, 3.63) is 21.9 Å². The van der Waals surface area contributed by atoms with Crippen molar-refractivity contribution in [3.63, 3.8) is 0 Å². The highest BCUT2D eigenvalue weighted by molar-refractivity contribution is 7.12. The van der Waals surface area contributed by atoms with Crippen LogP contribution in [-0.4, -0.2) is 16.3 Å². The first-order valence-electron chi connectivity index (χ1n) is 3.09. The van der Waals surface area contributed by atoms with Gasteiger partial charge in [0.25, 0.3) is 0 Å². The van der Waals surface area contributed by atoms with E-state index < -0.39 is 11.2 Å². The maximum absolute atomic E-state index is 10.5. The van der Waals surface area contributed by atoms with Crippen molar-refractivity contribution in [1.29, 1.82) is 0 Å². The van der Waals surface area contributed by atoms with E-state index in [-0.39, 0.29) is 11.3 Å². The molecule has 0 aromatic carbocycles. The summed E-state index contributed by atoms with van der Waals surface area (Å²) in [5, 5.41) is 9.70. The Morgan fingerprint density at radius 3 is 2.75 bits per heavy atom. The largest absolute Gasteiger partial charge is 0.477 e. The van der Waals surface area contributed by atoms with Crippen LogP contribution in [0.25, 0.3) is 0 Å². The minimum atomic E-state index is -1.02. The number of hydrogen-bond donors (Lipinski definition) is 1. The lowest BCUT2D eigenvalue weighted by molar-refractivity contribution is -0.111. The van der Waals surface area contributed by atoms with Gasteiger partial charge in [-0.15, -0.1) is 11.3 Å². The molecule has 0 aliphatic rings. The van der Waals surface area contributed by atoms with E-state index in [1.54, 1.807) is 11.4 Å². The van der Waals surface area contributed by atoms with Gasteiger partial charge in [-0.3, -0.25) is 4.79 Å². The van der Waals surface area contributed by atoms with E-state index in [0.717, 1.165) is 11.3 Å². The van der Waals surface area contributed by atoms with Crippen LogP contribution >= 0.6 is 22.9 Å². The Labute approximate surface area is 77.6 Å². The molecule has 1 N–H and O–H groups in total. The van der Waals surface area contributed by atoms with Gasteiger partial charge in [0.1, 0.15) is 4.88 Å². The van der Waals surface area contributed by atoms with Crippen LogP contribution < -0.4 is 0 Å². The van der Waals surface area contributed by atoms with Gasteiger partial charge >= 0.3 is 5.97 Å². The minimum absolute atomic E-state index is 0.0211. The zero-order valence-corrected chi connectivity index (χ0v) is 7.48. The number of hydrogen-bond acceptors (Lipinski definition) is 3. The molecule has 0 bridgehead atoms. The van der Waals surface area contributed by atoms with Crippen LogP contribution in [-0.2, 0) is 11.2 Å². The quantitative estimate of drug-likeness (QED) is 0.764. The highest BCUT2D eigenvalue weighted by atomic mass is 35.5. The van der Waals surface area contributed by atoms with Crippen molar-refractivity contribution in [2.24, 2.45) is 0 Å². The van der Waals surface area contributed by atoms with Gasteiger partial charge in [0.05, 0.1) is 0 Å². The molecule has 0 aliphatic heterocycles. The molecule has 1 rings (SSSR count). The maximum atomic E-state index is 10.5. The number of thiophene rings is 1. The Morgan fingerprint density at radius 1 is 1.58 bits per heavy atom. The summed E-state index contributed by atoms with van der Waals surface area (Å²) < 4.78 is 0. The summed E-state index contributed by atoms with van der Waals surface area (Å²) in [7, 11) is 0. The Kier molecular flexibility index (Phi) is 2.83. The molecular formula is C7H5ClO3S. The van der Waals surface area contributed by atoms with Crippen molar-refractivity contribution in [3.8, 4) is 0 Å². The molecule has 0 aliphatic carbocycles. The SMILES string of the molecule is O=C(Cl)Cc1ccsc1C(=O)O. The van der Waals surface area contributed by atoms with E-state index in [9.17, 15) is 9.59 Å². The lowest BCUT2D eigenvalue weighted by Crippen LogP contribution is -2.00. The molecule has 0 spiro atoms. The summed E-state index contributed by atoms with van der Waals surface area (Å²) in [5.74, 6) is -1.02. The van der Waals surface area contributed by atoms with Gasteiger partial charge in [0.15, 0.2) is 0 Å². The van der Waals surface area contributed by atoms with Crippen LogP contribution in [0.15, 0.2) is 11.4 Å². The van der Waals surface area contributed by atoms with Gasteiger partial charge in [-0.25, -0.2) is 4.79 Å². The minimum Gasteiger partial charge on any atom is -0.477 e. The van der Waals surface area contributed by atoms with E-state index >= 15 is 0 Å². The zero-order valence-electron chi connectivity index (χ0n) is 5.91. The average molecular weight is 205 g/mol. The van der Waals surface area contributed by atoms with Gasteiger partial charge in [-0.05, 0) is 28.6 Å². The summed E-state index contributed by atoms with van der Waals surface area (Å²) in [4.78, 5) is 21.2. The number of carbonyl (C=O) groups is 2. The van der Waals surface area contributed by atoms with Crippen LogP contribution in [0.2, 0.25) is 0 Å². The normalized spacial score (nSPS) is 9.75. The van der Waals surface area contributed by atoms with E-state index in [1.165, 1.54) is 0 Å². The standard InChI is InChI=1S/C7H5ClO3S/c8-5(9)3-4-1-2-12-6(4)7(10)11/h1-2H,3H2,(H,10,11). The molecule has 0 amide bonds. The van der Waals surface area contributed by atoms with Crippen LogP contribution in [0.5, 0.6) is 0 Å². The smallest absolute Gasteiger partial charge is 0.346 e. The lowest BCUT2D eigenvalue weighted by atomic mass is 10.2. The van der Waals surface area contributed by atoms with E-state index in [1.807, 2.05) is 0 Å². The fourth-order valence-electron chi connectivity index (χ4n) is 0.812. The van der Waals surface area contributed by atoms with Crippen molar-refractivity contribution in [2.75, 3.05) is 0 Å². The Balaban J connectivity index is 2.91. The lowest BCUT2D eigenvalue weighted by Gasteiger charge is -1.93. The first-order chi connectivity index (χ1) is 5.61. The molecular weight excluding hydrogens is 200 g/mol. The third-order valence-electron chi connectivity index (χ3n) is 1.27. The van der Waals surface area contributed by atoms with Gasteiger partial charge in [0, 0.05) is 6.42 Å². The fraction of sp³-hybridized carbons (Fsp3) is 0.143. The molecule has 1 aromatic heterocycles. The molecule has 64 valence electrons. The van der Waals surface area contributed by atoms with Crippen molar-refractivity contribution in [2.45, 2.75) is 6.42 Å². The van der Waals surface area contributed by atoms with Crippen LogP contribution in [0.4, 0.5) is 0 Å². The fourth-order valence-corrected chi connectivity index (χ4v) is 1.72. The van der Waals surface area contributed by atoms with Crippen LogP contribution in [0.1, 0.15) is 15.2 Å². The number of rotatable bonds is 3. The van der Waals surface area contributed by atoms with Crippen molar-refractivity contribution < 1.29 is 14.7 Å². The predicted octanol–water partition coefficient (Wildman–Crippen LogP) is 1.75. The number of aromatic carboxylic acids is 1. The second kappa shape index (κ2) is 3.69. The molecule has 5 heteroatoms. The van der Waals surface area contributed by atoms with E-state index in [2.05, 4.69) is 0 Å². The van der Waals surface area contributed by atoms with Crippen molar-refractivity contribution >= 4 is 34.1 Å². The van der Waals surface area contributed by atoms with E-state index in [0.29, 0.717) is 5.56 Å². The van der Waals surface area contributed by atoms with Crippen LogP contribution in [0.3, 0.4) is 0 Å². The summed E-state index contributed by atoms with van der Waals surface area (Å²) >= 11 is 6.21. The average Bonchev–Trinajstić information content (AvgIpc) is 2.33. The Hall–Kier alpha value is -0.870. The molecule has 0 atom stereocenters. The summed E-state index contributed by atoms with van der Waals surface area (Å²) in [6.07, 6.45) is -0.0211. The summed E-state index contributed by atoms with van der Waals surface area (Å²) in [6, 6.07) is 1.59. The molecule has 12 heavy (non-hydrogen) atoms. The molecule has 0 fully saturated rings. The van der Waals surface area contributed by atoms with Gasteiger partial charge in [-0.1, -0.05) is 0 Å². The maximum Gasteiger partial charge on any atom is 0.346 e. The third-order valence-corrected chi connectivity index (χ3v) is 2.35. The predicted molar refractivity (Wildman–Crippen MR) is 45.8 cm³/mol. The molecule has 1 heterocycles. The number of carboxylic acids is 1. The Bertz CT molecular complexity index is 318. The summed E-state index contributed by atoms with van der Waals surface area (Å²) in [5.41, 5.74) is 0.479. The van der Waals surface area contributed by atoms with Crippen LogP contribution in [0, 0.1) is 0 Å². The van der Waals surface area contributed by atoms with Crippen molar-refractivity contribution in [1.82, 2.24) is 0 Å². The van der Waals surface area contributed by atoms with Gasteiger partial charge < -0.3 is 5.11 Å². The number of carbonyl (C=O) groups excluding carboxylic acids is 1. The highest BCUT2D eigenvalue weighted by Crippen LogP contribution is 2.17. The monoisotopic (exact) mass is 204 g/mol. The van der Waals surface area contributed by atoms with Gasteiger partial charge in [0.2, 0.25) is 5.24 Å². The second-order valence-corrected chi connectivity index (χ2v) is 3.45. The molecule has 0 radical (unpaired) electrons. The molecule has 1 aromatic rings. The molecule has 0 unspecified atom stereocenters. The molecule has 0 saturated heterocycles. The van der Waals surface area contributed by atoms with Gasteiger partial charge in [-0.2, -0.15) is 0 Å². The first-order valence-corrected chi connectivity index (χ1v) is 4.35. The topological polar surface area (TPSA) is 54.4 Å². The summed E-state index contributed by atoms with van der Waals surface area (Å²) in [6.45, 7) is 0. The molecule has 0 saturated carbocycles. The Morgan fingerprint density at radius 2 is 2.25 bits per heavy atom. The first kappa shape index (κ1) is 9.22. The number of carboxylic acid groups (broad SMARTS) is 1.